The molecular formula is C27H26N4O3S. The van der Waals surface area contributed by atoms with Gasteiger partial charge in [-0.15, -0.1) is 0 Å². The zero-order valence-electron chi connectivity index (χ0n) is 19.3. The zero-order valence-corrected chi connectivity index (χ0v) is 20.1. The van der Waals surface area contributed by atoms with Gasteiger partial charge in [-0.2, -0.15) is 9.40 Å². The van der Waals surface area contributed by atoms with Crippen molar-refractivity contribution in [2.75, 3.05) is 26.2 Å². The monoisotopic (exact) mass is 486 g/mol. The third-order valence-electron chi connectivity index (χ3n) is 7.02. The number of para-hydroxylation sites is 1. The quantitative estimate of drug-likeness (QED) is 0.441. The van der Waals surface area contributed by atoms with Gasteiger partial charge in [0.25, 0.3) is 5.91 Å². The molecule has 2 heterocycles. The van der Waals surface area contributed by atoms with Crippen LogP contribution in [-0.2, 0) is 22.9 Å². The van der Waals surface area contributed by atoms with E-state index in [1.165, 1.54) is 4.31 Å². The lowest BCUT2D eigenvalue weighted by Gasteiger charge is -2.33. The molecule has 1 aliphatic carbocycles. The van der Waals surface area contributed by atoms with Crippen LogP contribution in [0.4, 0.5) is 0 Å². The number of aromatic nitrogens is 2. The number of hydrogen-bond acceptors (Lipinski definition) is 4. The van der Waals surface area contributed by atoms with Gasteiger partial charge in [0.2, 0.25) is 10.0 Å². The normalized spacial score (nSPS) is 16.5. The number of sulfonamides is 1. The molecule has 0 saturated carbocycles. The smallest absolute Gasteiger partial charge is 0.274 e. The van der Waals surface area contributed by atoms with Crippen molar-refractivity contribution in [1.29, 1.82) is 0 Å². The van der Waals surface area contributed by atoms with E-state index >= 15 is 0 Å². The molecule has 1 aromatic heterocycles. The molecule has 1 fully saturated rings. The van der Waals surface area contributed by atoms with E-state index in [0.717, 1.165) is 47.0 Å². The Morgan fingerprint density at radius 2 is 1.51 bits per heavy atom. The van der Waals surface area contributed by atoms with Crippen molar-refractivity contribution in [3.05, 3.63) is 89.7 Å². The summed E-state index contributed by atoms with van der Waals surface area (Å²) in [6.45, 7) is 1.22. The summed E-state index contributed by atoms with van der Waals surface area (Å²) in [5, 5.41) is 6.61. The minimum absolute atomic E-state index is 0.111. The Hall–Kier alpha value is -3.49. The largest absolute Gasteiger partial charge is 0.335 e. The number of carbonyl (C=O) groups is 1. The van der Waals surface area contributed by atoms with Crippen LogP contribution in [0.15, 0.2) is 77.7 Å². The fourth-order valence-electron chi connectivity index (χ4n) is 5.15. The Morgan fingerprint density at radius 1 is 0.800 bits per heavy atom. The molecule has 1 amide bonds. The van der Waals surface area contributed by atoms with Gasteiger partial charge in [-0.1, -0.05) is 48.5 Å². The molecule has 1 saturated heterocycles. The minimum atomic E-state index is -3.63. The summed E-state index contributed by atoms with van der Waals surface area (Å²) in [5.41, 5.74) is 3.60. The summed E-state index contributed by atoms with van der Waals surface area (Å²) in [6, 6.07) is 22.8. The van der Waals surface area contributed by atoms with Crippen molar-refractivity contribution in [3.63, 3.8) is 0 Å². The number of rotatable bonds is 4. The van der Waals surface area contributed by atoms with Crippen molar-refractivity contribution < 1.29 is 13.2 Å². The van der Waals surface area contributed by atoms with E-state index in [9.17, 15) is 13.2 Å². The predicted octanol–water partition coefficient (Wildman–Crippen LogP) is 3.66. The highest BCUT2D eigenvalue weighted by atomic mass is 32.2. The Kier molecular flexibility index (Phi) is 5.42. The second kappa shape index (κ2) is 8.62. The Balaban J connectivity index is 1.21. The fraction of sp³-hybridized carbons (Fsp3) is 0.259. The predicted molar refractivity (Wildman–Crippen MR) is 134 cm³/mol. The first-order valence-electron chi connectivity index (χ1n) is 12.0. The molecule has 1 aliphatic heterocycles. The molecule has 7 nitrogen and oxygen atoms in total. The Bertz CT molecular complexity index is 1520. The van der Waals surface area contributed by atoms with E-state index < -0.39 is 10.0 Å². The van der Waals surface area contributed by atoms with Crippen LogP contribution in [0.1, 0.15) is 28.2 Å². The molecule has 2 aliphatic rings. The van der Waals surface area contributed by atoms with Gasteiger partial charge in [-0.25, -0.2) is 13.1 Å². The molecule has 0 N–H and O–H groups in total. The summed E-state index contributed by atoms with van der Waals surface area (Å²) in [4.78, 5) is 15.5. The van der Waals surface area contributed by atoms with E-state index in [-0.39, 0.29) is 23.9 Å². The first-order valence-corrected chi connectivity index (χ1v) is 13.4. The van der Waals surface area contributed by atoms with Gasteiger partial charge < -0.3 is 4.90 Å². The van der Waals surface area contributed by atoms with Gasteiger partial charge in [-0.3, -0.25) is 4.79 Å². The third kappa shape index (κ3) is 3.83. The molecule has 0 bridgehead atoms. The average Bonchev–Trinajstić information content (AvgIpc) is 3.52. The van der Waals surface area contributed by atoms with Crippen molar-refractivity contribution in [2.45, 2.75) is 24.2 Å². The van der Waals surface area contributed by atoms with Crippen LogP contribution in [0.5, 0.6) is 0 Å². The maximum absolute atomic E-state index is 13.5. The van der Waals surface area contributed by atoms with Crippen molar-refractivity contribution in [2.24, 2.45) is 0 Å². The molecule has 0 spiro atoms. The number of fused-ring (bicyclic) bond motifs is 2. The van der Waals surface area contributed by atoms with Gasteiger partial charge >= 0.3 is 0 Å². The first-order chi connectivity index (χ1) is 17.0. The highest BCUT2D eigenvalue weighted by Gasteiger charge is 2.34. The first kappa shape index (κ1) is 22.0. The van der Waals surface area contributed by atoms with E-state index in [2.05, 4.69) is 0 Å². The number of amides is 1. The highest BCUT2D eigenvalue weighted by Crippen LogP contribution is 2.29. The molecule has 6 rings (SSSR count). The zero-order chi connectivity index (χ0) is 24.0. The van der Waals surface area contributed by atoms with Gasteiger partial charge in [0.05, 0.1) is 10.6 Å². The van der Waals surface area contributed by atoms with Crippen LogP contribution < -0.4 is 0 Å². The van der Waals surface area contributed by atoms with E-state index in [1.54, 1.807) is 17.0 Å². The molecule has 3 aromatic carbocycles. The summed E-state index contributed by atoms with van der Waals surface area (Å²) >= 11 is 0. The second-order valence-electron chi connectivity index (χ2n) is 9.08. The van der Waals surface area contributed by atoms with Crippen LogP contribution in [-0.4, -0.2) is 59.5 Å². The van der Waals surface area contributed by atoms with Crippen molar-refractivity contribution >= 4 is 26.7 Å². The molecule has 0 atom stereocenters. The fourth-order valence-corrected chi connectivity index (χ4v) is 6.61. The van der Waals surface area contributed by atoms with Crippen LogP contribution in [0.25, 0.3) is 16.5 Å². The van der Waals surface area contributed by atoms with Crippen LogP contribution in [0.3, 0.4) is 0 Å². The van der Waals surface area contributed by atoms with Crippen LogP contribution in [0, 0.1) is 0 Å². The lowest BCUT2D eigenvalue weighted by atomic mass is 10.1. The second-order valence-corrected chi connectivity index (χ2v) is 11.0. The Morgan fingerprint density at radius 3 is 2.29 bits per heavy atom. The standard InChI is InChI=1S/C27H26N4O3S/c32-27(26-24-11-6-12-25(24)31(28-26)22-9-2-1-3-10-22)29-15-17-30(18-16-29)35(33,34)23-14-13-20-7-4-5-8-21(20)19-23/h1-5,7-10,13-14,19H,6,11-12,15-18H2. The number of nitrogens with zero attached hydrogens (tertiary/aromatic N) is 4. The highest BCUT2D eigenvalue weighted by molar-refractivity contribution is 7.89. The van der Waals surface area contributed by atoms with Crippen molar-refractivity contribution in [1.82, 2.24) is 19.0 Å². The summed E-state index contributed by atoms with van der Waals surface area (Å²) in [6.07, 6.45) is 2.76. The van der Waals surface area contributed by atoms with Gasteiger partial charge in [0, 0.05) is 37.4 Å². The molecule has 4 aromatic rings. The average molecular weight is 487 g/mol. The van der Waals surface area contributed by atoms with Gasteiger partial charge in [0.1, 0.15) is 0 Å². The van der Waals surface area contributed by atoms with Crippen molar-refractivity contribution in [3.8, 4) is 5.69 Å². The number of piperazine rings is 1. The molecule has 0 radical (unpaired) electrons. The topological polar surface area (TPSA) is 75.5 Å². The summed E-state index contributed by atoms with van der Waals surface area (Å²) in [7, 11) is -3.63. The van der Waals surface area contributed by atoms with Gasteiger partial charge in [-0.05, 0) is 54.3 Å². The van der Waals surface area contributed by atoms with Crippen LogP contribution >= 0.6 is 0 Å². The lowest BCUT2D eigenvalue weighted by Crippen LogP contribution is -2.50. The third-order valence-corrected chi connectivity index (χ3v) is 8.91. The molecule has 178 valence electrons. The molecule has 0 unspecified atom stereocenters. The lowest BCUT2D eigenvalue weighted by molar-refractivity contribution is 0.0690. The summed E-state index contributed by atoms with van der Waals surface area (Å²) < 4.78 is 30.0. The number of benzene rings is 3. The van der Waals surface area contributed by atoms with Gasteiger partial charge in [0.15, 0.2) is 5.69 Å². The number of carbonyl (C=O) groups excluding carboxylic acids is 1. The minimum Gasteiger partial charge on any atom is -0.335 e. The molecule has 8 heteroatoms. The van der Waals surface area contributed by atoms with E-state index in [0.29, 0.717) is 18.8 Å². The maximum atomic E-state index is 13.5. The van der Waals surface area contributed by atoms with E-state index in [1.807, 2.05) is 65.3 Å². The Labute approximate surface area is 204 Å². The maximum Gasteiger partial charge on any atom is 0.274 e. The van der Waals surface area contributed by atoms with Crippen LogP contribution in [0.2, 0.25) is 0 Å². The summed E-state index contributed by atoms with van der Waals surface area (Å²) in [5.74, 6) is -0.111. The molecule has 35 heavy (non-hydrogen) atoms. The number of hydrogen-bond donors (Lipinski definition) is 0. The van der Waals surface area contributed by atoms with E-state index in [4.69, 9.17) is 5.10 Å². The molecular weight excluding hydrogens is 460 g/mol. The SMILES string of the molecule is O=C(c1nn(-c2ccccc2)c2c1CCC2)N1CCN(S(=O)(=O)c2ccc3ccccc3c2)CC1.